The maximum absolute atomic E-state index is 14.4. The van der Waals surface area contributed by atoms with Gasteiger partial charge in [-0.05, 0) is 55.7 Å². The van der Waals surface area contributed by atoms with E-state index in [9.17, 15) is 17.6 Å². The van der Waals surface area contributed by atoms with E-state index in [-0.39, 0.29) is 5.56 Å². The van der Waals surface area contributed by atoms with Crippen LogP contribution in [0, 0.1) is 12.7 Å². The van der Waals surface area contributed by atoms with Crippen LogP contribution in [0.1, 0.15) is 41.6 Å². The van der Waals surface area contributed by atoms with Crippen LogP contribution in [0.3, 0.4) is 0 Å². The van der Waals surface area contributed by atoms with E-state index in [1.165, 1.54) is 10.4 Å². The standard InChI is InChI=1S/C20H22ClFN2O3S/c1-14-16(21)7-6-8-18(14)23-20(25)15-9-10-17(22)19(13-15)28(26,27)24-11-4-2-3-5-12-24/h6-10,13H,2-5,11-12H2,1H3,(H,23,25). The fourth-order valence-electron chi connectivity index (χ4n) is 3.20. The first-order valence-corrected chi connectivity index (χ1v) is 11.0. The van der Waals surface area contributed by atoms with Gasteiger partial charge in [-0.1, -0.05) is 30.5 Å². The molecule has 0 aliphatic carbocycles. The van der Waals surface area contributed by atoms with Gasteiger partial charge in [0.05, 0.1) is 0 Å². The van der Waals surface area contributed by atoms with Crippen LogP contribution >= 0.6 is 11.6 Å². The lowest BCUT2D eigenvalue weighted by molar-refractivity contribution is 0.102. The lowest BCUT2D eigenvalue weighted by Gasteiger charge is -2.20. The zero-order chi connectivity index (χ0) is 20.3. The molecular weight excluding hydrogens is 403 g/mol. The third-order valence-electron chi connectivity index (χ3n) is 4.89. The summed E-state index contributed by atoms with van der Waals surface area (Å²) in [4.78, 5) is 12.1. The Balaban J connectivity index is 1.90. The SMILES string of the molecule is Cc1c(Cl)cccc1NC(=O)c1ccc(F)c(S(=O)(=O)N2CCCCCC2)c1. The number of nitrogens with zero attached hydrogens (tertiary/aromatic N) is 1. The van der Waals surface area contributed by atoms with Gasteiger partial charge < -0.3 is 5.32 Å². The van der Waals surface area contributed by atoms with Crippen molar-refractivity contribution in [3.8, 4) is 0 Å². The number of sulfonamides is 1. The Labute approximate surface area is 169 Å². The first kappa shape index (κ1) is 20.8. The maximum atomic E-state index is 14.4. The minimum atomic E-state index is -4.00. The summed E-state index contributed by atoms with van der Waals surface area (Å²) in [5.41, 5.74) is 1.27. The third kappa shape index (κ3) is 4.37. The molecule has 1 aliphatic rings. The second-order valence-electron chi connectivity index (χ2n) is 6.83. The van der Waals surface area contributed by atoms with Crippen molar-refractivity contribution < 1.29 is 17.6 Å². The van der Waals surface area contributed by atoms with E-state index >= 15 is 0 Å². The highest BCUT2D eigenvalue weighted by Gasteiger charge is 2.29. The Bertz CT molecular complexity index is 987. The molecule has 0 atom stereocenters. The fraction of sp³-hybridized carbons (Fsp3) is 0.350. The molecule has 0 unspecified atom stereocenters. The molecule has 2 aromatic rings. The molecule has 0 saturated carbocycles. The molecule has 2 aromatic carbocycles. The Morgan fingerprint density at radius 1 is 1.11 bits per heavy atom. The van der Waals surface area contributed by atoms with Crippen molar-refractivity contribution in [2.45, 2.75) is 37.5 Å². The number of anilines is 1. The highest BCUT2D eigenvalue weighted by Crippen LogP contribution is 2.26. The predicted molar refractivity (Wildman–Crippen MR) is 108 cm³/mol. The largest absolute Gasteiger partial charge is 0.322 e. The summed E-state index contributed by atoms with van der Waals surface area (Å²) in [6.45, 7) is 2.48. The quantitative estimate of drug-likeness (QED) is 0.779. The van der Waals surface area contributed by atoms with Crippen LogP contribution < -0.4 is 5.32 Å². The third-order valence-corrected chi connectivity index (χ3v) is 7.22. The molecule has 1 fully saturated rings. The van der Waals surface area contributed by atoms with Gasteiger partial charge in [0.25, 0.3) is 5.91 Å². The zero-order valence-corrected chi connectivity index (χ0v) is 17.1. The average Bonchev–Trinajstić information content (AvgIpc) is 2.95. The highest BCUT2D eigenvalue weighted by molar-refractivity contribution is 7.89. The van der Waals surface area contributed by atoms with Crippen molar-refractivity contribution in [1.29, 1.82) is 0 Å². The molecule has 0 aromatic heterocycles. The summed E-state index contributed by atoms with van der Waals surface area (Å²) in [5.74, 6) is -1.39. The maximum Gasteiger partial charge on any atom is 0.255 e. The summed E-state index contributed by atoms with van der Waals surface area (Å²) in [7, 11) is -4.00. The molecule has 1 aliphatic heterocycles. The second kappa shape index (κ2) is 8.59. The van der Waals surface area contributed by atoms with Gasteiger partial charge in [0.2, 0.25) is 10.0 Å². The van der Waals surface area contributed by atoms with Crippen molar-refractivity contribution in [2.24, 2.45) is 0 Å². The smallest absolute Gasteiger partial charge is 0.255 e. The molecule has 0 spiro atoms. The molecule has 150 valence electrons. The van der Waals surface area contributed by atoms with E-state index in [0.717, 1.165) is 37.8 Å². The van der Waals surface area contributed by atoms with Crippen LogP contribution in [-0.4, -0.2) is 31.7 Å². The molecule has 1 heterocycles. The van der Waals surface area contributed by atoms with Crippen LogP contribution in [0.15, 0.2) is 41.3 Å². The number of carbonyl (C=O) groups excluding carboxylic acids is 1. The normalized spacial score (nSPS) is 15.8. The fourth-order valence-corrected chi connectivity index (χ4v) is 4.98. The van der Waals surface area contributed by atoms with E-state index < -0.39 is 26.6 Å². The van der Waals surface area contributed by atoms with Crippen LogP contribution in [0.25, 0.3) is 0 Å². The van der Waals surface area contributed by atoms with Crippen molar-refractivity contribution >= 4 is 33.2 Å². The Morgan fingerprint density at radius 3 is 2.46 bits per heavy atom. The molecule has 3 rings (SSSR count). The molecule has 1 saturated heterocycles. The molecule has 0 radical (unpaired) electrons. The number of hydrogen-bond donors (Lipinski definition) is 1. The molecular formula is C20H22ClFN2O3S. The summed E-state index contributed by atoms with van der Waals surface area (Å²) in [5, 5.41) is 3.20. The van der Waals surface area contributed by atoms with Crippen LogP contribution in [-0.2, 0) is 10.0 Å². The first-order valence-electron chi connectivity index (χ1n) is 9.17. The zero-order valence-electron chi connectivity index (χ0n) is 15.5. The van der Waals surface area contributed by atoms with Gasteiger partial charge in [0, 0.05) is 29.4 Å². The van der Waals surface area contributed by atoms with Crippen LogP contribution in [0.4, 0.5) is 10.1 Å². The molecule has 5 nitrogen and oxygen atoms in total. The minimum absolute atomic E-state index is 0.0640. The summed E-state index contributed by atoms with van der Waals surface area (Å²) >= 11 is 6.06. The van der Waals surface area contributed by atoms with E-state index in [1.54, 1.807) is 25.1 Å². The van der Waals surface area contributed by atoms with Gasteiger partial charge >= 0.3 is 0 Å². The van der Waals surface area contributed by atoms with Gasteiger partial charge in [-0.15, -0.1) is 0 Å². The van der Waals surface area contributed by atoms with E-state index in [1.807, 2.05) is 0 Å². The number of carbonyl (C=O) groups is 1. The Hall–Kier alpha value is -1.96. The summed E-state index contributed by atoms with van der Waals surface area (Å²) < 4.78 is 41.5. The van der Waals surface area contributed by atoms with E-state index in [2.05, 4.69) is 5.32 Å². The van der Waals surface area contributed by atoms with Crippen molar-refractivity contribution in [2.75, 3.05) is 18.4 Å². The molecule has 1 N–H and O–H groups in total. The van der Waals surface area contributed by atoms with Gasteiger partial charge in [0.15, 0.2) is 0 Å². The van der Waals surface area contributed by atoms with Gasteiger partial charge in [0.1, 0.15) is 10.7 Å². The lowest BCUT2D eigenvalue weighted by Crippen LogP contribution is -2.32. The van der Waals surface area contributed by atoms with Crippen molar-refractivity contribution in [3.63, 3.8) is 0 Å². The van der Waals surface area contributed by atoms with E-state index in [0.29, 0.717) is 29.4 Å². The number of rotatable bonds is 4. The monoisotopic (exact) mass is 424 g/mol. The van der Waals surface area contributed by atoms with Crippen LogP contribution in [0.5, 0.6) is 0 Å². The number of amides is 1. The van der Waals surface area contributed by atoms with Gasteiger partial charge in [-0.2, -0.15) is 4.31 Å². The van der Waals surface area contributed by atoms with E-state index in [4.69, 9.17) is 11.6 Å². The Morgan fingerprint density at radius 2 is 1.79 bits per heavy atom. The van der Waals surface area contributed by atoms with Crippen molar-refractivity contribution in [3.05, 3.63) is 58.4 Å². The Kier molecular flexibility index (Phi) is 6.37. The predicted octanol–water partition coefficient (Wildman–Crippen LogP) is 4.60. The molecule has 8 heteroatoms. The first-order chi connectivity index (χ1) is 13.3. The molecule has 0 bridgehead atoms. The number of nitrogens with one attached hydrogen (secondary N) is 1. The lowest BCUT2D eigenvalue weighted by atomic mass is 10.1. The topological polar surface area (TPSA) is 66.5 Å². The second-order valence-corrected chi connectivity index (χ2v) is 9.14. The van der Waals surface area contributed by atoms with Gasteiger partial charge in [-0.25, -0.2) is 12.8 Å². The summed E-state index contributed by atoms with van der Waals surface area (Å²) in [6, 6.07) is 8.49. The molecule has 28 heavy (non-hydrogen) atoms. The van der Waals surface area contributed by atoms with Gasteiger partial charge in [-0.3, -0.25) is 4.79 Å². The number of benzene rings is 2. The molecule has 1 amide bonds. The highest BCUT2D eigenvalue weighted by atomic mass is 35.5. The number of hydrogen-bond acceptors (Lipinski definition) is 3. The van der Waals surface area contributed by atoms with Crippen molar-refractivity contribution in [1.82, 2.24) is 4.31 Å². The number of halogens is 2. The summed E-state index contributed by atoms with van der Waals surface area (Å²) in [6.07, 6.45) is 3.40. The minimum Gasteiger partial charge on any atom is -0.322 e. The van der Waals surface area contributed by atoms with Crippen LogP contribution in [0.2, 0.25) is 5.02 Å². The average molecular weight is 425 g/mol.